The minimum Gasteiger partial charge on any atom is -0.296 e. The molecule has 0 atom stereocenters. The van der Waals surface area contributed by atoms with Crippen LogP contribution in [0.1, 0.15) is 19.3 Å². The van der Waals surface area contributed by atoms with Crippen molar-refractivity contribution in [1.29, 1.82) is 0 Å². The number of aliphatic imine (C=N–C) groups is 1. The van der Waals surface area contributed by atoms with Crippen molar-refractivity contribution < 1.29 is 0 Å². The van der Waals surface area contributed by atoms with Gasteiger partial charge in [0, 0.05) is 26.2 Å². The molecule has 2 heterocycles. The van der Waals surface area contributed by atoms with Crippen LogP contribution in [0.5, 0.6) is 0 Å². The summed E-state index contributed by atoms with van der Waals surface area (Å²) < 4.78 is 0. The van der Waals surface area contributed by atoms with Crippen LogP contribution < -0.4 is 0 Å². The van der Waals surface area contributed by atoms with Crippen LogP contribution in [0.2, 0.25) is 0 Å². The third-order valence-corrected chi connectivity index (χ3v) is 2.34. The molecule has 0 aromatic carbocycles. The number of hydrogen-bond acceptors (Lipinski definition) is 3. The lowest BCUT2D eigenvalue weighted by atomic mass is 10.2. The van der Waals surface area contributed by atoms with Crippen molar-refractivity contribution in [3.63, 3.8) is 0 Å². The van der Waals surface area contributed by atoms with Crippen LogP contribution in [-0.4, -0.2) is 42.5 Å². The number of rotatable bonds is 0. The molecule has 11 heavy (non-hydrogen) atoms. The molecule has 0 aliphatic carbocycles. The lowest BCUT2D eigenvalue weighted by Crippen LogP contribution is -2.45. The average Bonchev–Trinajstić information content (AvgIpc) is 2.28. The van der Waals surface area contributed by atoms with Gasteiger partial charge in [0.05, 0.1) is 6.34 Å². The molecule has 0 aromatic heterocycles. The van der Waals surface area contributed by atoms with Gasteiger partial charge in [0.15, 0.2) is 0 Å². The fourth-order valence-electron chi connectivity index (χ4n) is 1.71. The van der Waals surface area contributed by atoms with Crippen molar-refractivity contribution in [2.75, 3.05) is 26.2 Å². The second-order valence-corrected chi connectivity index (χ2v) is 3.20. The monoisotopic (exact) mass is 153 g/mol. The average molecular weight is 153 g/mol. The highest BCUT2D eigenvalue weighted by molar-refractivity contribution is 5.54. The van der Waals surface area contributed by atoms with E-state index in [1.54, 1.807) is 0 Å². The van der Waals surface area contributed by atoms with Gasteiger partial charge in [-0.15, -0.1) is 0 Å². The third kappa shape index (κ3) is 1.53. The second kappa shape index (κ2) is 3.22. The van der Waals surface area contributed by atoms with Gasteiger partial charge in [-0.05, 0) is 19.3 Å². The molecule has 1 saturated heterocycles. The van der Waals surface area contributed by atoms with Crippen molar-refractivity contribution in [1.82, 2.24) is 10.0 Å². The van der Waals surface area contributed by atoms with Gasteiger partial charge in [-0.2, -0.15) is 0 Å². The summed E-state index contributed by atoms with van der Waals surface area (Å²) in [6.07, 6.45) is 5.89. The van der Waals surface area contributed by atoms with Gasteiger partial charge in [-0.3, -0.25) is 10.0 Å². The maximum Gasteiger partial charge on any atom is 0.0994 e. The van der Waals surface area contributed by atoms with Gasteiger partial charge in [0.25, 0.3) is 0 Å². The van der Waals surface area contributed by atoms with Crippen LogP contribution in [0, 0.1) is 0 Å². The molecule has 0 bridgehead atoms. The van der Waals surface area contributed by atoms with Crippen LogP contribution in [0.25, 0.3) is 0 Å². The molecule has 0 unspecified atom stereocenters. The molecule has 0 saturated carbocycles. The highest BCUT2D eigenvalue weighted by Crippen LogP contribution is 2.10. The first kappa shape index (κ1) is 7.10. The van der Waals surface area contributed by atoms with Gasteiger partial charge in [0.1, 0.15) is 0 Å². The Labute approximate surface area is 67.7 Å². The fraction of sp³-hybridized carbons (Fsp3) is 0.875. The lowest BCUT2D eigenvalue weighted by molar-refractivity contribution is 0.0238. The van der Waals surface area contributed by atoms with Crippen molar-refractivity contribution in [3.05, 3.63) is 0 Å². The Morgan fingerprint density at radius 2 is 1.82 bits per heavy atom. The molecule has 62 valence electrons. The highest BCUT2D eigenvalue weighted by Gasteiger charge is 2.17. The predicted octanol–water partition coefficient (Wildman–Crippen LogP) is 0.731. The minimum absolute atomic E-state index is 1.01. The molecule has 0 N–H and O–H groups in total. The van der Waals surface area contributed by atoms with Crippen molar-refractivity contribution in [2.45, 2.75) is 19.3 Å². The van der Waals surface area contributed by atoms with Gasteiger partial charge >= 0.3 is 0 Å². The maximum absolute atomic E-state index is 4.31. The Morgan fingerprint density at radius 3 is 2.82 bits per heavy atom. The SMILES string of the molecule is C1=NCCCN2CCCCN12. The Balaban J connectivity index is 2.02. The first-order chi connectivity index (χ1) is 5.47. The molecule has 1 fully saturated rings. The van der Waals surface area contributed by atoms with Crippen molar-refractivity contribution in [2.24, 2.45) is 4.99 Å². The Kier molecular flexibility index (Phi) is 2.08. The van der Waals surface area contributed by atoms with Crippen LogP contribution in [0.15, 0.2) is 4.99 Å². The zero-order valence-corrected chi connectivity index (χ0v) is 6.87. The summed E-state index contributed by atoms with van der Waals surface area (Å²) in [4.78, 5) is 4.31. The molecule has 0 radical (unpaired) electrons. The predicted molar refractivity (Wildman–Crippen MR) is 45.5 cm³/mol. The molecule has 3 nitrogen and oxygen atoms in total. The Morgan fingerprint density at radius 1 is 1.00 bits per heavy atom. The lowest BCUT2D eigenvalue weighted by Gasteiger charge is -2.36. The Bertz CT molecular complexity index is 155. The fourth-order valence-corrected chi connectivity index (χ4v) is 1.71. The summed E-state index contributed by atoms with van der Waals surface area (Å²) in [7, 11) is 0. The minimum atomic E-state index is 1.01. The number of fused-ring (bicyclic) bond motifs is 1. The molecule has 0 aromatic rings. The number of nitrogens with zero attached hydrogens (tertiary/aromatic N) is 3. The summed E-state index contributed by atoms with van der Waals surface area (Å²) in [6, 6.07) is 0. The first-order valence-corrected chi connectivity index (χ1v) is 4.48. The number of hydrogen-bond donors (Lipinski definition) is 0. The van der Waals surface area contributed by atoms with Gasteiger partial charge in [0.2, 0.25) is 0 Å². The highest BCUT2D eigenvalue weighted by atomic mass is 15.6. The summed E-state index contributed by atoms with van der Waals surface area (Å²) in [5.74, 6) is 0. The zero-order chi connectivity index (χ0) is 7.52. The van der Waals surface area contributed by atoms with E-state index in [1.807, 2.05) is 6.34 Å². The largest absolute Gasteiger partial charge is 0.296 e. The van der Waals surface area contributed by atoms with E-state index < -0.39 is 0 Å². The van der Waals surface area contributed by atoms with E-state index in [0.29, 0.717) is 0 Å². The molecule has 2 aliphatic heterocycles. The van der Waals surface area contributed by atoms with E-state index in [-0.39, 0.29) is 0 Å². The standard InChI is InChI=1S/C8H15N3/c1-2-6-11-8-9-4-3-7-10(11)5-1/h8H,1-7H2. The molecule has 0 amide bonds. The molecular weight excluding hydrogens is 138 g/mol. The van der Waals surface area contributed by atoms with E-state index in [9.17, 15) is 0 Å². The van der Waals surface area contributed by atoms with E-state index in [4.69, 9.17) is 0 Å². The van der Waals surface area contributed by atoms with E-state index in [2.05, 4.69) is 15.0 Å². The zero-order valence-electron chi connectivity index (χ0n) is 6.87. The molecular formula is C8H15N3. The molecule has 3 heteroatoms. The van der Waals surface area contributed by atoms with E-state index >= 15 is 0 Å². The third-order valence-electron chi connectivity index (χ3n) is 2.34. The van der Waals surface area contributed by atoms with Crippen molar-refractivity contribution in [3.8, 4) is 0 Å². The maximum atomic E-state index is 4.31. The van der Waals surface area contributed by atoms with Crippen LogP contribution in [0.3, 0.4) is 0 Å². The summed E-state index contributed by atoms with van der Waals surface area (Å²) in [6.45, 7) is 4.60. The topological polar surface area (TPSA) is 18.8 Å². The molecule has 2 aliphatic rings. The molecule has 0 spiro atoms. The smallest absolute Gasteiger partial charge is 0.0994 e. The summed E-state index contributed by atoms with van der Waals surface area (Å²) >= 11 is 0. The van der Waals surface area contributed by atoms with Crippen LogP contribution in [-0.2, 0) is 0 Å². The van der Waals surface area contributed by atoms with Gasteiger partial charge < -0.3 is 0 Å². The van der Waals surface area contributed by atoms with Crippen LogP contribution >= 0.6 is 0 Å². The summed E-state index contributed by atoms with van der Waals surface area (Å²) in [5.41, 5.74) is 0. The van der Waals surface area contributed by atoms with Crippen LogP contribution in [0.4, 0.5) is 0 Å². The summed E-state index contributed by atoms with van der Waals surface area (Å²) in [5, 5.41) is 4.69. The Hall–Kier alpha value is -0.570. The van der Waals surface area contributed by atoms with E-state index in [0.717, 1.165) is 6.54 Å². The van der Waals surface area contributed by atoms with Crippen molar-refractivity contribution >= 4 is 6.34 Å². The van der Waals surface area contributed by atoms with E-state index in [1.165, 1.54) is 38.9 Å². The molecule has 2 rings (SSSR count). The van der Waals surface area contributed by atoms with Gasteiger partial charge in [-0.1, -0.05) is 0 Å². The van der Waals surface area contributed by atoms with Gasteiger partial charge in [-0.25, -0.2) is 5.01 Å². The second-order valence-electron chi connectivity index (χ2n) is 3.20. The quantitative estimate of drug-likeness (QED) is 0.511. The normalized spacial score (nSPS) is 26.4. The first-order valence-electron chi connectivity index (χ1n) is 4.48. The number of hydrazine groups is 1.